The molecule has 1 amide bonds. The first-order valence-corrected chi connectivity index (χ1v) is 8.56. The molecule has 1 aromatic heterocycles. The third-order valence-corrected chi connectivity index (χ3v) is 4.31. The molecular weight excluding hydrogens is 302 g/mol. The van der Waals surface area contributed by atoms with E-state index in [1.165, 1.54) is 5.69 Å². The van der Waals surface area contributed by atoms with Gasteiger partial charge in [0.15, 0.2) is 0 Å². The van der Waals surface area contributed by atoms with Crippen molar-refractivity contribution in [2.24, 2.45) is 0 Å². The van der Waals surface area contributed by atoms with E-state index in [1.54, 1.807) is 0 Å². The highest BCUT2D eigenvalue weighted by Gasteiger charge is 2.20. The number of hydrogen-bond donors (Lipinski definition) is 1. The monoisotopic (exact) mass is 327 g/mol. The van der Waals surface area contributed by atoms with Crippen LogP contribution in [0.3, 0.4) is 0 Å². The zero-order valence-electron chi connectivity index (χ0n) is 14.2. The van der Waals surface area contributed by atoms with Crippen LogP contribution in [0.2, 0.25) is 0 Å². The van der Waals surface area contributed by atoms with Crippen molar-refractivity contribution >= 4 is 5.91 Å². The summed E-state index contributed by atoms with van der Waals surface area (Å²) in [5.41, 5.74) is 2.28. The van der Waals surface area contributed by atoms with Crippen LogP contribution in [0.15, 0.2) is 42.6 Å². The lowest BCUT2D eigenvalue weighted by atomic mass is 10.2. The molecule has 0 atom stereocenters. The maximum Gasteiger partial charge on any atom is 0.234 e. The largest absolute Gasteiger partial charge is 0.355 e. The Morgan fingerprint density at radius 3 is 2.50 bits per heavy atom. The number of carbonyl (C=O) groups is 1. The Hall–Kier alpha value is -2.18. The first kappa shape index (κ1) is 16.7. The predicted octanol–water partition coefficient (Wildman–Crippen LogP) is 1.13. The molecular formula is C18H25N5O. The molecule has 6 heteroatoms. The van der Waals surface area contributed by atoms with Crippen molar-refractivity contribution in [2.75, 3.05) is 39.3 Å². The summed E-state index contributed by atoms with van der Waals surface area (Å²) in [5, 5.41) is 7.31. The van der Waals surface area contributed by atoms with Gasteiger partial charge in [-0.1, -0.05) is 18.2 Å². The Morgan fingerprint density at radius 2 is 1.79 bits per heavy atom. The number of amides is 1. The lowest BCUT2D eigenvalue weighted by molar-refractivity contribution is -0.122. The predicted molar refractivity (Wildman–Crippen MR) is 94.0 cm³/mol. The summed E-state index contributed by atoms with van der Waals surface area (Å²) in [5.74, 6) is 0.119. The highest BCUT2D eigenvalue weighted by molar-refractivity contribution is 5.77. The fourth-order valence-corrected chi connectivity index (χ4v) is 3.04. The lowest BCUT2D eigenvalue weighted by Crippen LogP contribution is -2.49. The molecule has 2 aromatic rings. The van der Waals surface area contributed by atoms with Crippen LogP contribution in [0.4, 0.5) is 0 Å². The fraction of sp³-hybridized carbons (Fsp3) is 0.444. The molecule has 24 heavy (non-hydrogen) atoms. The maximum absolute atomic E-state index is 11.7. The molecule has 128 valence electrons. The van der Waals surface area contributed by atoms with Gasteiger partial charge in [-0.15, -0.1) is 0 Å². The van der Waals surface area contributed by atoms with Crippen LogP contribution in [-0.2, 0) is 11.3 Å². The molecule has 1 aliphatic heterocycles. The van der Waals surface area contributed by atoms with Crippen LogP contribution < -0.4 is 5.32 Å². The van der Waals surface area contributed by atoms with Gasteiger partial charge in [-0.3, -0.25) is 14.6 Å². The molecule has 1 fully saturated rings. The molecule has 0 saturated carbocycles. The maximum atomic E-state index is 11.7. The second kappa shape index (κ2) is 8.08. The van der Waals surface area contributed by atoms with Gasteiger partial charge in [-0.2, -0.15) is 5.10 Å². The van der Waals surface area contributed by atoms with E-state index in [-0.39, 0.29) is 5.91 Å². The Kier molecular flexibility index (Phi) is 5.61. The number of piperazine rings is 1. The standard InChI is InChI=1S/C18H25N5O/c1-2-19-18(24)15-22-12-10-21(11-13-22)14-17-8-9-20-23(17)16-6-4-3-5-7-16/h3-9H,2,10-15H2,1H3,(H,19,24). The highest BCUT2D eigenvalue weighted by Crippen LogP contribution is 2.13. The molecule has 0 spiro atoms. The summed E-state index contributed by atoms with van der Waals surface area (Å²) in [6, 6.07) is 12.3. The normalized spacial score (nSPS) is 16.2. The molecule has 0 radical (unpaired) electrons. The Labute approximate surface area is 143 Å². The van der Waals surface area contributed by atoms with Gasteiger partial charge in [0.05, 0.1) is 17.9 Å². The molecule has 2 heterocycles. The molecule has 1 N–H and O–H groups in total. The van der Waals surface area contributed by atoms with Gasteiger partial charge in [-0.25, -0.2) is 4.68 Å². The number of benzene rings is 1. The molecule has 0 unspecified atom stereocenters. The first-order valence-electron chi connectivity index (χ1n) is 8.56. The van der Waals surface area contributed by atoms with Crippen molar-refractivity contribution in [1.29, 1.82) is 0 Å². The van der Waals surface area contributed by atoms with Gasteiger partial charge >= 0.3 is 0 Å². The van der Waals surface area contributed by atoms with Crippen molar-refractivity contribution in [1.82, 2.24) is 24.9 Å². The summed E-state index contributed by atoms with van der Waals surface area (Å²) in [6.07, 6.45) is 1.85. The minimum absolute atomic E-state index is 0.119. The van der Waals surface area contributed by atoms with E-state index in [1.807, 2.05) is 36.0 Å². The molecule has 6 nitrogen and oxygen atoms in total. The zero-order valence-corrected chi connectivity index (χ0v) is 14.2. The molecule has 1 aromatic carbocycles. The van der Waals surface area contributed by atoms with Gasteiger partial charge in [0, 0.05) is 45.5 Å². The van der Waals surface area contributed by atoms with Gasteiger partial charge < -0.3 is 5.32 Å². The molecule has 1 aliphatic rings. The molecule has 1 saturated heterocycles. The van der Waals surface area contributed by atoms with Gasteiger partial charge in [0.2, 0.25) is 5.91 Å². The van der Waals surface area contributed by atoms with Crippen LogP contribution in [0.1, 0.15) is 12.6 Å². The summed E-state index contributed by atoms with van der Waals surface area (Å²) in [6.45, 7) is 7.83. The number of rotatable bonds is 6. The number of carbonyl (C=O) groups excluding carboxylic acids is 1. The van der Waals surface area contributed by atoms with E-state index in [4.69, 9.17) is 0 Å². The van der Waals surface area contributed by atoms with Crippen molar-refractivity contribution in [3.8, 4) is 5.69 Å². The van der Waals surface area contributed by atoms with Crippen LogP contribution in [-0.4, -0.2) is 64.8 Å². The Balaban J connectivity index is 1.54. The van der Waals surface area contributed by atoms with Crippen LogP contribution in [0.25, 0.3) is 5.69 Å². The van der Waals surface area contributed by atoms with E-state index in [0.717, 1.165) is 38.4 Å². The third-order valence-electron chi connectivity index (χ3n) is 4.31. The lowest BCUT2D eigenvalue weighted by Gasteiger charge is -2.34. The average molecular weight is 327 g/mol. The number of nitrogens with one attached hydrogen (secondary N) is 1. The SMILES string of the molecule is CCNC(=O)CN1CCN(Cc2ccnn2-c2ccccc2)CC1. The molecule has 0 aliphatic carbocycles. The van der Waals surface area contributed by atoms with E-state index < -0.39 is 0 Å². The summed E-state index contributed by atoms with van der Waals surface area (Å²) < 4.78 is 2.00. The smallest absolute Gasteiger partial charge is 0.234 e. The number of likely N-dealkylation sites (N-methyl/N-ethyl adjacent to an activating group) is 1. The number of para-hydroxylation sites is 1. The first-order chi connectivity index (χ1) is 11.8. The highest BCUT2D eigenvalue weighted by atomic mass is 16.2. The van der Waals surface area contributed by atoms with Crippen molar-refractivity contribution in [3.05, 3.63) is 48.3 Å². The van der Waals surface area contributed by atoms with E-state index in [0.29, 0.717) is 13.1 Å². The number of hydrogen-bond acceptors (Lipinski definition) is 4. The van der Waals surface area contributed by atoms with Crippen molar-refractivity contribution in [3.63, 3.8) is 0 Å². The number of nitrogens with zero attached hydrogens (tertiary/aromatic N) is 4. The zero-order chi connectivity index (χ0) is 16.8. The minimum Gasteiger partial charge on any atom is -0.355 e. The number of aromatic nitrogens is 2. The van der Waals surface area contributed by atoms with Gasteiger partial charge in [0.25, 0.3) is 0 Å². The second-order valence-corrected chi connectivity index (χ2v) is 6.08. The van der Waals surface area contributed by atoms with E-state index >= 15 is 0 Å². The summed E-state index contributed by atoms with van der Waals surface area (Å²) in [7, 11) is 0. The third kappa shape index (κ3) is 4.21. The fourth-order valence-electron chi connectivity index (χ4n) is 3.04. The van der Waals surface area contributed by atoms with Gasteiger partial charge in [-0.05, 0) is 25.1 Å². The van der Waals surface area contributed by atoms with Crippen molar-refractivity contribution < 1.29 is 4.79 Å². The molecule has 0 bridgehead atoms. The van der Waals surface area contributed by atoms with Crippen molar-refractivity contribution in [2.45, 2.75) is 13.5 Å². The average Bonchev–Trinajstić information content (AvgIpc) is 3.06. The molecule has 3 rings (SSSR count). The van der Waals surface area contributed by atoms with Crippen LogP contribution >= 0.6 is 0 Å². The van der Waals surface area contributed by atoms with E-state index in [9.17, 15) is 4.79 Å². The minimum atomic E-state index is 0.119. The Bertz CT molecular complexity index is 646. The van der Waals surface area contributed by atoms with E-state index in [2.05, 4.69) is 38.4 Å². The van der Waals surface area contributed by atoms with Gasteiger partial charge in [0.1, 0.15) is 0 Å². The Morgan fingerprint density at radius 1 is 1.08 bits per heavy atom. The quantitative estimate of drug-likeness (QED) is 0.864. The summed E-state index contributed by atoms with van der Waals surface area (Å²) in [4.78, 5) is 16.3. The van der Waals surface area contributed by atoms with Crippen LogP contribution in [0.5, 0.6) is 0 Å². The second-order valence-electron chi connectivity index (χ2n) is 6.08. The topological polar surface area (TPSA) is 53.4 Å². The summed E-state index contributed by atoms with van der Waals surface area (Å²) >= 11 is 0. The van der Waals surface area contributed by atoms with Crippen LogP contribution in [0, 0.1) is 0 Å².